The Labute approximate surface area is 172 Å². The summed E-state index contributed by atoms with van der Waals surface area (Å²) in [5.74, 6) is 0.898. The van der Waals surface area contributed by atoms with Crippen LogP contribution in [0.15, 0.2) is 24.3 Å². The van der Waals surface area contributed by atoms with Gasteiger partial charge in [-0.15, -0.1) is 0 Å². The van der Waals surface area contributed by atoms with Crippen molar-refractivity contribution in [3.05, 3.63) is 46.8 Å². The summed E-state index contributed by atoms with van der Waals surface area (Å²) in [5, 5.41) is 16.3. The Morgan fingerprint density at radius 3 is 2.83 bits per heavy atom. The molecular weight excluding hydrogens is 364 g/mol. The van der Waals surface area contributed by atoms with E-state index in [1.807, 2.05) is 42.8 Å². The van der Waals surface area contributed by atoms with Gasteiger partial charge in [0, 0.05) is 24.2 Å². The van der Waals surface area contributed by atoms with Crippen LogP contribution in [-0.2, 0) is 24.3 Å². The van der Waals surface area contributed by atoms with Crippen molar-refractivity contribution in [2.75, 3.05) is 0 Å². The third kappa shape index (κ3) is 5.60. The average molecular weight is 395 g/mol. The number of aryl methyl sites for hydroxylation is 2. The second-order valence-electron chi connectivity index (χ2n) is 7.69. The number of hydrogen-bond acceptors (Lipinski definition) is 4. The molecule has 1 amide bonds. The van der Waals surface area contributed by atoms with Crippen molar-refractivity contribution in [2.24, 2.45) is 0 Å². The van der Waals surface area contributed by atoms with E-state index in [0.29, 0.717) is 38.5 Å². The topological polar surface area (TPSA) is 79.9 Å². The normalized spacial score (nSPS) is 14.0. The predicted octanol–water partition coefficient (Wildman–Crippen LogP) is 3.98. The van der Waals surface area contributed by atoms with Gasteiger partial charge in [0.2, 0.25) is 5.91 Å². The van der Waals surface area contributed by atoms with E-state index in [1.54, 1.807) is 0 Å². The van der Waals surface area contributed by atoms with Crippen molar-refractivity contribution < 1.29 is 9.53 Å². The molecule has 6 heteroatoms. The van der Waals surface area contributed by atoms with E-state index in [9.17, 15) is 4.79 Å². The van der Waals surface area contributed by atoms with Gasteiger partial charge < -0.3 is 10.1 Å². The van der Waals surface area contributed by atoms with Crippen molar-refractivity contribution in [3.63, 3.8) is 0 Å². The van der Waals surface area contributed by atoms with Gasteiger partial charge >= 0.3 is 0 Å². The standard InChI is InChI=1S/C23H30N4O2/c1-17-21(18(2)27(26-17)15-7-14-24)12-13-23(28)25-16-19-8-3-6-11-22(19)29-20-9-4-5-10-20/h3,6,8,11,20H,4-5,7,9-10,12-13,15-16H2,1-2H3,(H,25,28). The van der Waals surface area contributed by atoms with Gasteiger partial charge in [-0.05, 0) is 57.6 Å². The maximum Gasteiger partial charge on any atom is 0.220 e. The second-order valence-corrected chi connectivity index (χ2v) is 7.69. The van der Waals surface area contributed by atoms with Crippen LogP contribution in [0.1, 0.15) is 61.0 Å². The molecular formula is C23H30N4O2. The second kappa shape index (κ2) is 10.1. The van der Waals surface area contributed by atoms with Crippen molar-refractivity contribution in [1.29, 1.82) is 5.26 Å². The molecule has 0 radical (unpaired) electrons. The minimum absolute atomic E-state index is 0.0178. The van der Waals surface area contributed by atoms with Gasteiger partial charge in [0.1, 0.15) is 5.75 Å². The molecule has 6 nitrogen and oxygen atoms in total. The first-order valence-electron chi connectivity index (χ1n) is 10.5. The fourth-order valence-corrected chi connectivity index (χ4v) is 3.94. The summed E-state index contributed by atoms with van der Waals surface area (Å²) < 4.78 is 8.01. The van der Waals surface area contributed by atoms with E-state index in [-0.39, 0.29) is 5.91 Å². The smallest absolute Gasteiger partial charge is 0.220 e. The van der Waals surface area contributed by atoms with Gasteiger partial charge in [0.15, 0.2) is 0 Å². The lowest BCUT2D eigenvalue weighted by atomic mass is 10.1. The van der Waals surface area contributed by atoms with E-state index in [0.717, 1.165) is 41.1 Å². The molecule has 1 N–H and O–H groups in total. The van der Waals surface area contributed by atoms with Gasteiger partial charge in [-0.3, -0.25) is 9.48 Å². The molecule has 0 saturated heterocycles. The molecule has 0 spiro atoms. The van der Waals surface area contributed by atoms with Crippen LogP contribution in [0, 0.1) is 25.2 Å². The highest BCUT2D eigenvalue weighted by Gasteiger charge is 2.18. The number of nitrogens with zero attached hydrogens (tertiary/aromatic N) is 3. The monoisotopic (exact) mass is 394 g/mol. The number of rotatable bonds is 9. The Hall–Kier alpha value is -2.81. The van der Waals surface area contributed by atoms with Crippen LogP contribution in [0.4, 0.5) is 0 Å². The predicted molar refractivity (Wildman–Crippen MR) is 111 cm³/mol. The van der Waals surface area contributed by atoms with Gasteiger partial charge in [0.05, 0.1) is 30.8 Å². The number of benzene rings is 1. The molecule has 0 unspecified atom stereocenters. The van der Waals surface area contributed by atoms with E-state index in [1.165, 1.54) is 12.8 Å². The molecule has 2 aromatic rings. The molecule has 1 saturated carbocycles. The third-order valence-electron chi connectivity index (χ3n) is 5.61. The molecule has 1 aliphatic rings. The summed E-state index contributed by atoms with van der Waals surface area (Å²) in [6.07, 6.45) is 6.49. The van der Waals surface area contributed by atoms with Gasteiger partial charge in [-0.1, -0.05) is 18.2 Å². The summed E-state index contributed by atoms with van der Waals surface area (Å²) in [5.41, 5.74) is 4.09. The number of carbonyl (C=O) groups is 1. The highest BCUT2D eigenvalue weighted by Crippen LogP contribution is 2.26. The molecule has 1 aromatic carbocycles. The Balaban J connectivity index is 1.52. The number of amides is 1. The maximum absolute atomic E-state index is 12.4. The maximum atomic E-state index is 12.4. The van der Waals surface area contributed by atoms with E-state index in [2.05, 4.69) is 16.5 Å². The molecule has 0 aliphatic heterocycles. The van der Waals surface area contributed by atoms with Crippen molar-refractivity contribution in [3.8, 4) is 11.8 Å². The number of carbonyl (C=O) groups excluding carboxylic acids is 1. The summed E-state index contributed by atoms with van der Waals surface area (Å²) in [7, 11) is 0. The fourth-order valence-electron chi connectivity index (χ4n) is 3.94. The summed E-state index contributed by atoms with van der Waals surface area (Å²) in [6, 6.07) is 10.1. The Morgan fingerprint density at radius 2 is 2.07 bits per heavy atom. The lowest BCUT2D eigenvalue weighted by Crippen LogP contribution is -2.24. The van der Waals surface area contributed by atoms with Gasteiger partial charge in [-0.25, -0.2) is 0 Å². The minimum atomic E-state index is 0.0178. The quantitative estimate of drug-likeness (QED) is 0.697. The number of hydrogen-bond donors (Lipinski definition) is 1. The fraction of sp³-hybridized carbons (Fsp3) is 0.522. The summed E-state index contributed by atoms with van der Waals surface area (Å²) in [6.45, 7) is 5.02. The third-order valence-corrected chi connectivity index (χ3v) is 5.61. The molecule has 29 heavy (non-hydrogen) atoms. The Bertz CT molecular complexity index is 875. The molecule has 154 valence electrons. The zero-order valence-electron chi connectivity index (χ0n) is 17.4. The van der Waals surface area contributed by atoms with Crippen LogP contribution < -0.4 is 10.1 Å². The molecule has 1 heterocycles. The number of para-hydroxylation sites is 1. The van der Waals surface area contributed by atoms with Crippen LogP contribution in [0.5, 0.6) is 5.75 Å². The Morgan fingerprint density at radius 1 is 1.31 bits per heavy atom. The highest BCUT2D eigenvalue weighted by molar-refractivity contribution is 5.76. The number of nitriles is 1. The highest BCUT2D eigenvalue weighted by atomic mass is 16.5. The van der Waals surface area contributed by atoms with E-state index in [4.69, 9.17) is 10.00 Å². The van der Waals surface area contributed by atoms with Gasteiger partial charge in [0.25, 0.3) is 0 Å². The molecule has 0 atom stereocenters. The zero-order valence-corrected chi connectivity index (χ0v) is 17.4. The van der Waals surface area contributed by atoms with Crippen LogP contribution in [0.2, 0.25) is 0 Å². The molecule has 1 aromatic heterocycles. The number of nitrogens with one attached hydrogen (secondary N) is 1. The SMILES string of the molecule is Cc1nn(CCC#N)c(C)c1CCC(=O)NCc1ccccc1OC1CCCC1. The van der Waals surface area contributed by atoms with Crippen molar-refractivity contribution in [1.82, 2.24) is 15.1 Å². The summed E-state index contributed by atoms with van der Waals surface area (Å²) >= 11 is 0. The van der Waals surface area contributed by atoms with Crippen LogP contribution >= 0.6 is 0 Å². The summed E-state index contributed by atoms with van der Waals surface area (Å²) in [4.78, 5) is 12.4. The Kier molecular flexibility index (Phi) is 7.29. The van der Waals surface area contributed by atoms with Crippen molar-refractivity contribution in [2.45, 2.75) is 78.0 Å². The average Bonchev–Trinajstić information content (AvgIpc) is 3.32. The molecule has 3 rings (SSSR count). The largest absolute Gasteiger partial charge is 0.490 e. The lowest BCUT2D eigenvalue weighted by Gasteiger charge is -2.16. The van der Waals surface area contributed by atoms with Crippen LogP contribution in [0.3, 0.4) is 0 Å². The first-order chi connectivity index (χ1) is 14.1. The first-order valence-corrected chi connectivity index (χ1v) is 10.5. The molecule has 1 fully saturated rings. The zero-order chi connectivity index (χ0) is 20.6. The lowest BCUT2D eigenvalue weighted by molar-refractivity contribution is -0.121. The minimum Gasteiger partial charge on any atom is -0.490 e. The van der Waals surface area contributed by atoms with Crippen LogP contribution in [-0.4, -0.2) is 21.8 Å². The van der Waals surface area contributed by atoms with Gasteiger partial charge in [-0.2, -0.15) is 10.4 Å². The number of aromatic nitrogens is 2. The van der Waals surface area contributed by atoms with E-state index >= 15 is 0 Å². The molecule has 1 aliphatic carbocycles. The molecule has 0 bridgehead atoms. The van der Waals surface area contributed by atoms with Crippen molar-refractivity contribution >= 4 is 5.91 Å². The van der Waals surface area contributed by atoms with E-state index < -0.39 is 0 Å². The number of ether oxygens (including phenoxy) is 1. The van der Waals surface area contributed by atoms with Crippen LogP contribution in [0.25, 0.3) is 0 Å². The first kappa shape index (κ1) is 20.9.